The van der Waals surface area contributed by atoms with Crippen molar-refractivity contribution in [2.24, 2.45) is 5.73 Å². The van der Waals surface area contributed by atoms with Gasteiger partial charge in [-0.1, -0.05) is 12.2 Å². The van der Waals surface area contributed by atoms with E-state index in [1.165, 1.54) is 7.11 Å². The topological polar surface area (TPSA) is 71.7 Å². The molecule has 2 N–H and O–H groups in total. The van der Waals surface area contributed by atoms with Crippen LogP contribution in [0.15, 0.2) is 18.3 Å². The molecule has 0 radical (unpaired) electrons. The number of piperazine rings is 1. The molecular formula is C14H20N4O2S. The van der Waals surface area contributed by atoms with Crippen molar-refractivity contribution in [3.63, 3.8) is 0 Å². The van der Waals surface area contributed by atoms with Gasteiger partial charge in [-0.25, -0.2) is 9.78 Å². The molecule has 1 atom stereocenters. The van der Waals surface area contributed by atoms with E-state index in [-0.39, 0.29) is 12.0 Å². The number of hydrogen-bond acceptors (Lipinski definition) is 6. The van der Waals surface area contributed by atoms with Crippen molar-refractivity contribution in [1.82, 2.24) is 9.88 Å². The van der Waals surface area contributed by atoms with Gasteiger partial charge in [0.15, 0.2) is 0 Å². The van der Waals surface area contributed by atoms with Crippen molar-refractivity contribution in [3.05, 3.63) is 23.9 Å². The molecule has 7 heteroatoms. The summed E-state index contributed by atoms with van der Waals surface area (Å²) in [6.45, 7) is 5.21. The van der Waals surface area contributed by atoms with Crippen molar-refractivity contribution in [1.29, 1.82) is 0 Å². The van der Waals surface area contributed by atoms with E-state index >= 15 is 0 Å². The fourth-order valence-electron chi connectivity index (χ4n) is 2.42. The Morgan fingerprint density at radius 3 is 2.67 bits per heavy atom. The Hall–Kier alpha value is -1.73. The standard InChI is InChI=1S/C14H20N4O2S/c1-10(12(15)21)17-6-8-18(9-7-17)13-11(14(19)20-2)4-3-5-16-13/h3-5,10H,6-9H2,1-2H3,(H2,15,21). The lowest BCUT2D eigenvalue weighted by Crippen LogP contribution is -2.53. The monoisotopic (exact) mass is 308 g/mol. The van der Waals surface area contributed by atoms with Crippen LogP contribution in [0.25, 0.3) is 0 Å². The van der Waals surface area contributed by atoms with Gasteiger partial charge in [-0.2, -0.15) is 0 Å². The summed E-state index contributed by atoms with van der Waals surface area (Å²) in [4.78, 5) is 21.0. The molecule has 0 aromatic carbocycles. The predicted molar refractivity (Wildman–Crippen MR) is 85.6 cm³/mol. The Bertz CT molecular complexity index is 529. The molecular weight excluding hydrogens is 288 g/mol. The minimum absolute atomic E-state index is 0.0889. The maximum atomic E-state index is 11.8. The quantitative estimate of drug-likeness (QED) is 0.647. The Balaban J connectivity index is 2.09. The Labute approximate surface area is 129 Å². The van der Waals surface area contributed by atoms with Gasteiger partial charge in [0.1, 0.15) is 11.4 Å². The minimum Gasteiger partial charge on any atom is -0.465 e. The van der Waals surface area contributed by atoms with Crippen molar-refractivity contribution < 1.29 is 9.53 Å². The number of ether oxygens (including phenoxy) is 1. The van der Waals surface area contributed by atoms with Gasteiger partial charge in [-0.15, -0.1) is 0 Å². The molecule has 1 aromatic rings. The zero-order chi connectivity index (χ0) is 15.4. The maximum absolute atomic E-state index is 11.8. The first-order chi connectivity index (χ1) is 10.0. The number of esters is 1. The first-order valence-corrected chi connectivity index (χ1v) is 7.27. The first kappa shape index (κ1) is 15.7. The highest BCUT2D eigenvalue weighted by molar-refractivity contribution is 7.80. The van der Waals surface area contributed by atoms with Crippen molar-refractivity contribution >= 4 is 29.0 Å². The summed E-state index contributed by atoms with van der Waals surface area (Å²) in [6.07, 6.45) is 1.69. The molecule has 0 bridgehead atoms. The lowest BCUT2D eigenvalue weighted by Gasteiger charge is -2.38. The number of carbonyl (C=O) groups excluding carboxylic acids is 1. The van der Waals surface area contributed by atoms with Crippen LogP contribution < -0.4 is 10.6 Å². The average molecular weight is 308 g/mol. The molecule has 1 aliphatic heterocycles. The van der Waals surface area contributed by atoms with Crippen LogP contribution in [0.4, 0.5) is 5.82 Å². The van der Waals surface area contributed by atoms with Crippen LogP contribution in [0.3, 0.4) is 0 Å². The largest absolute Gasteiger partial charge is 0.465 e. The number of anilines is 1. The maximum Gasteiger partial charge on any atom is 0.341 e. The van der Waals surface area contributed by atoms with E-state index in [0.29, 0.717) is 16.4 Å². The van der Waals surface area contributed by atoms with Crippen molar-refractivity contribution in [3.8, 4) is 0 Å². The number of aromatic nitrogens is 1. The van der Waals surface area contributed by atoms with Gasteiger partial charge in [-0.3, -0.25) is 4.90 Å². The molecule has 1 saturated heterocycles. The Morgan fingerprint density at radius 1 is 1.43 bits per heavy atom. The average Bonchev–Trinajstić information content (AvgIpc) is 2.53. The molecule has 0 saturated carbocycles. The summed E-state index contributed by atoms with van der Waals surface area (Å²) in [5, 5.41) is 0. The predicted octanol–water partition coefficient (Wildman–Crippen LogP) is 0.665. The van der Waals surface area contributed by atoms with Gasteiger partial charge in [0.05, 0.1) is 18.1 Å². The summed E-state index contributed by atoms with van der Waals surface area (Å²) in [5.41, 5.74) is 6.19. The summed E-state index contributed by atoms with van der Waals surface area (Å²) in [6, 6.07) is 3.56. The smallest absolute Gasteiger partial charge is 0.341 e. The van der Waals surface area contributed by atoms with E-state index in [1.54, 1.807) is 18.3 Å². The molecule has 0 spiro atoms. The number of nitrogens with zero attached hydrogens (tertiary/aromatic N) is 3. The van der Waals surface area contributed by atoms with Crippen molar-refractivity contribution in [2.75, 3.05) is 38.2 Å². The zero-order valence-corrected chi connectivity index (χ0v) is 13.1. The van der Waals surface area contributed by atoms with Crippen LogP contribution in [-0.4, -0.2) is 60.2 Å². The van der Waals surface area contributed by atoms with E-state index in [0.717, 1.165) is 26.2 Å². The Kier molecular flexibility index (Phi) is 5.08. The van der Waals surface area contributed by atoms with Crippen LogP contribution >= 0.6 is 12.2 Å². The first-order valence-electron chi connectivity index (χ1n) is 6.86. The molecule has 1 fully saturated rings. The SMILES string of the molecule is COC(=O)c1cccnc1N1CCN(C(C)C(N)=S)CC1. The van der Waals surface area contributed by atoms with Crippen LogP contribution in [0, 0.1) is 0 Å². The fraction of sp³-hybridized carbons (Fsp3) is 0.500. The number of rotatable bonds is 4. The van der Waals surface area contributed by atoms with Gasteiger partial charge < -0.3 is 15.4 Å². The molecule has 21 heavy (non-hydrogen) atoms. The lowest BCUT2D eigenvalue weighted by atomic mass is 10.2. The number of thiocarbonyl (C=S) groups is 1. The lowest BCUT2D eigenvalue weighted by molar-refractivity contribution is 0.0600. The number of pyridine rings is 1. The van der Waals surface area contributed by atoms with E-state index < -0.39 is 0 Å². The number of hydrogen-bond donors (Lipinski definition) is 1. The highest BCUT2D eigenvalue weighted by Crippen LogP contribution is 2.20. The molecule has 1 aliphatic rings. The van der Waals surface area contributed by atoms with E-state index in [1.807, 2.05) is 6.92 Å². The second-order valence-electron chi connectivity index (χ2n) is 4.97. The fourth-order valence-corrected chi connectivity index (χ4v) is 2.57. The zero-order valence-electron chi connectivity index (χ0n) is 12.3. The summed E-state index contributed by atoms with van der Waals surface area (Å²) in [5.74, 6) is 0.309. The van der Waals surface area contributed by atoms with E-state index in [2.05, 4.69) is 14.8 Å². The molecule has 6 nitrogen and oxygen atoms in total. The van der Waals surface area contributed by atoms with Crippen LogP contribution in [0.1, 0.15) is 17.3 Å². The van der Waals surface area contributed by atoms with Gasteiger partial charge >= 0.3 is 5.97 Å². The number of nitrogens with two attached hydrogens (primary N) is 1. The molecule has 1 aromatic heterocycles. The normalized spacial score (nSPS) is 17.3. The molecule has 0 amide bonds. The van der Waals surface area contributed by atoms with Crippen LogP contribution in [0.2, 0.25) is 0 Å². The van der Waals surface area contributed by atoms with Crippen LogP contribution in [0.5, 0.6) is 0 Å². The minimum atomic E-state index is -0.364. The molecule has 2 rings (SSSR count). The van der Waals surface area contributed by atoms with E-state index in [4.69, 9.17) is 22.7 Å². The van der Waals surface area contributed by atoms with Crippen LogP contribution in [-0.2, 0) is 4.74 Å². The molecule has 114 valence electrons. The van der Waals surface area contributed by atoms with Gasteiger partial charge in [-0.05, 0) is 19.1 Å². The highest BCUT2D eigenvalue weighted by atomic mass is 32.1. The van der Waals surface area contributed by atoms with Gasteiger partial charge in [0.25, 0.3) is 0 Å². The van der Waals surface area contributed by atoms with Gasteiger partial charge in [0, 0.05) is 32.4 Å². The summed E-state index contributed by atoms with van der Waals surface area (Å²) in [7, 11) is 1.38. The van der Waals surface area contributed by atoms with E-state index in [9.17, 15) is 4.79 Å². The Morgan fingerprint density at radius 2 is 2.10 bits per heavy atom. The molecule has 2 heterocycles. The third kappa shape index (κ3) is 3.48. The highest BCUT2D eigenvalue weighted by Gasteiger charge is 2.25. The second-order valence-corrected chi connectivity index (χ2v) is 5.44. The number of carbonyl (C=O) groups is 1. The third-order valence-corrected chi connectivity index (χ3v) is 4.11. The van der Waals surface area contributed by atoms with Gasteiger partial charge in [0.2, 0.25) is 0 Å². The second kappa shape index (κ2) is 6.82. The summed E-state index contributed by atoms with van der Waals surface area (Å²) < 4.78 is 4.81. The molecule has 1 unspecified atom stereocenters. The summed E-state index contributed by atoms with van der Waals surface area (Å²) >= 11 is 5.04. The number of methoxy groups -OCH3 is 1. The van der Waals surface area contributed by atoms with Crippen molar-refractivity contribution in [2.45, 2.75) is 13.0 Å². The molecule has 0 aliphatic carbocycles. The third-order valence-electron chi connectivity index (χ3n) is 3.77.